The lowest BCUT2D eigenvalue weighted by molar-refractivity contribution is -0.183. The Morgan fingerprint density at radius 3 is 2.00 bits per heavy atom. The lowest BCUT2D eigenvalue weighted by Gasteiger charge is -2.28. The molecule has 0 radical (unpaired) electrons. The van der Waals surface area contributed by atoms with E-state index in [2.05, 4.69) is 0 Å². The molecular formula is C8H11F4NO3. The maximum atomic E-state index is 12.7. The van der Waals surface area contributed by atoms with Crippen LogP contribution in [-0.2, 0) is 9.59 Å². The number of amides is 1. The maximum Gasteiger partial charge on any atom is 0.383 e. The number of aliphatic carboxylic acids is 1. The summed E-state index contributed by atoms with van der Waals surface area (Å²) in [6, 6.07) is -0.909. The van der Waals surface area contributed by atoms with Crippen molar-refractivity contribution in [1.82, 2.24) is 4.90 Å². The average molecular weight is 245 g/mol. The van der Waals surface area contributed by atoms with Gasteiger partial charge in [0.25, 0.3) is 5.91 Å². The lowest BCUT2D eigenvalue weighted by Crippen LogP contribution is -2.51. The van der Waals surface area contributed by atoms with E-state index in [1.165, 1.54) is 13.8 Å². The Kier molecular flexibility index (Phi) is 4.70. The van der Waals surface area contributed by atoms with Crippen LogP contribution in [0.4, 0.5) is 17.6 Å². The Morgan fingerprint density at radius 1 is 1.31 bits per heavy atom. The Labute approximate surface area is 88.8 Å². The van der Waals surface area contributed by atoms with Crippen LogP contribution in [0.2, 0.25) is 0 Å². The monoisotopic (exact) mass is 245 g/mol. The topological polar surface area (TPSA) is 57.6 Å². The van der Waals surface area contributed by atoms with Gasteiger partial charge in [-0.2, -0.15) is 8.78 Å². The van der Waals surface area contributed by atoms with Crippen molar-refractivity contribution in [1.29, 1.82) is 0 Å². The number of halogens is 4. The molecule has 94 valence electrons. The molecule has 0 spiro atoms. The molecule has 8 heteroatoms. The number of alkyl halides is 4. The number of hydrogen-bond donors (Lipinski definition) is 1. The van der Waals surface area contributed by atoms with Crippen LogP contribution in [0, 0.1) is 0 Å². The second-order valence-corrected chi connectivity index (χ2v) is 3.34. The maximum absolute atomic E-state index is 12.7. The molecule has 0 aliphatic rings. The van der Waals surface area contributed by atoms with Crippen molar-refractivity contribution in [2.75, 3.05) is 6.54 Å². The van der Waals surface area contributed by atoms with E-state index in [4.69, 9.17) is 5.11 Å². The zero-order valence-electron chi connectivity index (χ0n) is 8.58. The van der Waals surface area contributed by atoms with Gasteiger partial charge >= 0.3 is 18.3 Å². The summed E-state index contributed by atoms with van der Waals surface area (Å²) in [5, 5.41) is 8.36. The van der Waals surface area contributed by atoms with Crippen molar-refractivity contribution in [3.05, 3.63) is 0 Å². The summed E-state index contributed by atoms with van der Waals surface area (Å²) in [7, 11) is 0. The standard InChI is InChI=1S/C8H11F4NO3/c1-4(2)13(3-5(14)15)7(16)8(11,12)6(9)10/h4,6H,3H2,1-2H3,(H,14,15). The number of nitrogens with zero attached hydrogens (tertiary/aromatic N) is 1. The highest BCUT2D eigenvalue weighted by Crippen LogP contribution is 2.26. The van der Waals surface area contributed by atoms with E-state index in [9.17, 15) is 27.2 Å². The molecule has 0 aromatic rings. The molecule has 1 N–H and O–H groups in total. The molecule has 0 saturated heterocycles. The molecule has 0 aliphatic carbocycles. The van der Waals surface area contributed by atoms with Gasteiger partial charge in [0.1, 0.15) is 6.54 Å². The van der Waals surface area contributed by atoms with Gasteiger partial charge in [-0.1, -0.05) is 0 Å². The van der Waals surface area contributed by atoms with E-state index in [1.54, 1.807) is 0 Å². The quantitative estimate of drug-likeness (QED) is 0.740. The summed E-state index contributed by atoms with van der Waals surface area (Å²) < 4.78 is 49.1. The van der Waals surface area contributed by atoms with E-state index >= 15 is 0 Å². The molecule has 4 nitrogen and oxygen atoms in total. The van der Waals surface area contributed by atoms with Crippen LogP contribution in [-0.4, -0.2) is 46.8 Å². The number of hydrogen-bond acceptors (Lipinski definition) is 2. The summed E-state index contributed by atoms with van der Waals surface area (Å²) in [6.45, 7) is 1.46. The highest BCUT2D eigenvalue weighted by atomic mass is 19.3. The molecule has 0 unspecified atom stereocenters. The molecule has 0 aromatic heterocycles. The van der Waals surface area contributed by atoms with E-state index in [0.717, 1.165) is 0 Å². The molecule has 0 aromatic carbocycles. The third kappa shape index (κ3) is 3.35. The van der Waals surface area contributed by atoms with Gasteiger partial charge in [-0.25, -0.2) is 8.78 Å². The number of carbonyl (C=O) groups is 2. The van der Waals surface area contributed by atoms with Crippen LogP contribution >= 0.6 is 0 Å². The smallest absolute Gasteiger partial charge is 0.383 e. The highest BCUT2D eigenvalue weighted by molar-refractivity contribution is 5.87. The second-order valence-electron chi connectivity index (χ2n) is 3.34. The van der Waals surface area contributed by atoms with E-state index in [0.29, 0.717) is 0 Å². The Morgan fingerprint density at radius 2 is 1.75 bits per heavy atom. The van der Waals surface area contributed by atoms with Crippen molar-refractivity contribution in [2.45, 2.75) is 32.2 Å². The third-order valence-corrected chi connectivity index (χ3v) is 1.75. The van der Waals surface area contributed by atoms with Gasteiger partial charge in [0.05, 0.1) is 0 Å². The van der Waals surface area contributed by atoms with Crippen LogP contribution in [0.15, 0.2) is 0 Å². The van der Waals surface area contributed by atoms with Crippen molar-refractivity contribution in [3.63, 3.8) is 0 Å². The summed E-state index contributed by atoms with van der Waals surface area (Å²) in [5.41, 5.74) is 0. The van der Waals surface area contributed by atoms with Crippen LogP contribution in [0.25, 0.3) is 0 Å². The number of carboxylic acids is 1. The third-order valence-electron chi connectivity index (χ3n) is 1.75. The number of rotatable bonds is 5. The molecule has 0 atom stereocenters. The summed E-state index contributed by atoms with van der Waals surface area (Å²) in [4.78, 5) is 21.5. The van der Waals surface area contributed by atoms with Crippen molar-refractivity contribution in [3.8, 4) is 0 Å². The minimum absolute atomic E-state index is 0.189. The summed E-state index contributed by atoms with van der Waals surface area (Å²) >= 11 is 0. The first-order valence-electron chi connectivity index (χ1n) is 4.29. The second kappa shape index (κ2) is 5.13. The molecular weight excluding hydrogens is 234 g/mol. The molecule has 0 fully saturated rings. The minimum Gasteiger partial charge on any atom is -0.480 e. The van der Waals surface area contributed by atoms with Crippen molar-refractivity contribution in [2.24, 2.45) is 0 Å². The Bertz CT molecular complexity index is 280. The largest absolute Gasteiger partial charge is 0.480 e. The summed E-state index contributed by atoms with van der Waals surface area (Å²) in [6.07, 6.45) is -4.16. The average Bonchev–Trinajstić information content (AvgIpc) is 2.11. The van der Waals surface area contributed by atoms with Gasteiger partial charge in [-0.3, -0.25) is 9.59 Å². The van der Waals surface area contributed by atoms with Crippen LogP contribution in [0.3, 0.4) is 0 Å². The van der Waals surface area contributed by atoms with Crippen LogP contribution < -0.4 is 0 Å². The fraction of sp³-hybridized carbons (Fsp3) is 0.750. The first kappa shape index (κ1) is 14.7. The zero-order valence-corrected chi connectivity index (χ0v) is 8.58. The predicted molar refractivity (Wildman–Crippen MR) is 45.4 cm³/mol. The molecule has 0 rings (SSSR count). The number of carbonyl (C=O) groups excluding carboxylic acids is 1. The minimum atomic E-state index is -4.86. The van der Waals surface area contributed by atoms with Gasteiger partial charge in [0.2, 0.25) is 0 Å². The zero-order chi connectivity index (χ0) is 13.1. The summed E-state index contributed by atoms with van der Waals surface area (Å²) in [5.74, 6) is -8.59. The van der Waals surface area contributed by atoms with Gasteiger partial charge in [-0.15, -0.1) is 0 Å². The van der Waals surface area contributed by atoms with Gasteiger partial charge < -0.3 is 10.0 Å². The van der Waals surface area contributed by atoms with Gasteiger partial charge in [-0.05, 0) is 13.8 Å². The molecule has 1 amide bonds. The van der Waals surface area contributed by atoms with E-state index in [-0.39, 0.29) is 4.90 Å². The fourth-order valence-electron chi connectivity index (χ4n) is 0.919. The van der Waals surface area contributed by atoms with Gasteiger partial charge in [0.15, 0.2) is 0 Å². The van der Waals surface area contributed by atoms with Gasteiger partial charge in [0, 0.05) is 6.04 Å². The van der Waals surface area contributed by atoms with Crippen molar-refractivity contribution >= 4 is 11.9 Å². The molecule has 0 aliphatic heterocycles. The Balaban J connectivity index is 4.95. The highest BCUT2D eigenvalue weighted by Gasteiger charge is 2.51. The van der Waals surface area contributed by atoms with Crippen LogP contribution in [0.5, 0.6) is 0 Å². The Hall–Kier alpha value is -1.34. The molecule has 16 heavy (non-hydrogen) atoms. The van der Waals surface area contributed by atoms with E-state index in [1.807, 2.05) is 0 Å². The first-order valence-corrected chi connectivity index (χ1v) is 4.29. The van der Waals surface area contributed by atoms with E-state index < -0.39 is 36.8 Å². The van der Waals surface area contributed by atoms with Crippen LogP contribution in [0.1, 0.15) is 13.8 Å². The molecule has 0 saturated carbocycles. The SMILES string of the molecule is CC(C)N(CC(=O)O)C(=O)C(F)(F)C(F)F. The fourth-order valence-corrected chi connectivity index (χ4v) is 0.919. The molecule has 0 bridgehead atoms. The first-order chi connectivity index (χ1) is 7.10. The van der Waals surface area contributed by atoms with Crippen molar-refractivity contribution < 1.29 is 32.3 Å². The number of carboxylic acid groups (broad SMARTS) is 1. The molecule has 0 heterocycles. The lowest BCUT2D eigenvalue weighted by atomic mass is 10.2. The predicted octanol–water partition coefficient (Wildman–Crippen LogP) is 1.21. The normalized spacial score (nSPS) is 12.0.